The van der Waals surface area contributed by atoms with Gasteiger partial charge < -0.3 is 20.2 Å². The lowest BCUT2D eigenvalue weighted by molar-refractivity contribution is -0.137. The molecule has 1 aliphatic heterocycles. The minimum absolute atomic E-state index is 0.00573. The number of carbonyl (C=O) groups excluding carboxylic acids is 1. The molecule has 1 heterocycles. The van der Waals surface area contributed by atoms with E-state index in [1.54, 1.807) is 0 Å². The van der Waals surface area contributed by atoms with E-state index in [2.05, 4.69) is 24.2 Å². The van der Waals surface area contributed by atoms with Crippen molar-refractivity contribution in [2.45, 2.75) is 32.6 Å². The van der Waals surface area contributed by atoms with Gasteiger partial charge in [0.1, 0.15) is 0 Å². The minimum Gasteiger partial charge on any atom is -0.481 e. The van der Waals surface area contributed by atoms with E-state index in [0.29, 0.717) is 18.9 Å². The number of piperazine rings is 1. The van der Waals surface area contributed by atoms with Crippen LogP contribution in [0.5, 0.6) is 0 Å². The van der Waals surface area contributed by atoms with Gasteiger partial charge in [0, 0.05) is 39.1 Å². The molecular formula is C14H27N3O3. The van der Waals surface area contributed by atoms with Gasteiger partial charge in [-0.05, 0) is 25.8 Å². The summed E-state index contributed by atoms with van der Waals surface area (Å²) in [5, 5.41) is 11.6. The number of nitrogens with one attached hydrogen (secondary N) is 1. The van der Waals surface area contributed by atoms with Gasteiger partial charge in [-0.2, -0.15) is 0 Å². The molecule has 2 amide bonds. The third-order valence-corrected chi connectivity index (χ3v) is 3.96. The Hall–Kier alpha value is -1.30. The van der Waals surface area contributed by atoms with Crippen LogP contribution in [0.3, 0.4) is 0 Å². The first-order valence-electron chi connectivity index (χ1n) is 7.46. The van der Waals surface area contributed by atoms with Crippen LogP contribution < -0.4 is 5.32 Å². The number of hydrogen-bond donors (Lipinski definition) is 2. The first-order valence-corrected chi connectivity index (χ1v) is 7.46. The van der Waals surface area contributed by atoms with Crippen LogP contribution >= 0.6 is 0 Å². The average molecular weight is 285 g/mol. The molecule has 0 spiro atoms. The summed E-state index contributed by atoms with van der Waals surface area (Å²) in [5.41, 5.74) is 0. The van der Waals surface area contributed by atoms with Crippen molar-refractivity contribution < 1.29 is 14.7 Å². The number of aliphatic carboxylic acids is 1. The summed E-state index contributed by atoms with van der Waals surface area (Å²) < 4.78 is 0. The molecule has 0 saturated carbocycles. The fourth-order valence-electron chi connectivity index (χ4n) is 2.38. The van der Waals surface area contributed by atoms with Crippen LogP contribution in [0, 0.1) is 5.92 Å². The predicted octanol–water partition coefficient (Wildman–Crippen LogP) is 1.22. The fourth-order valence-corrected chi connectivity index (χ4v) is 2.38. The monoisotopic (exact) mass is 285 g/mol. The van der Waals surface area contributed by atoms with Gasteiger partial charge >= 0.3 is 12.0 Å². The molecule has 0 bridgehead atoms. The second-order valence-corrected chi connectivity index (χ2v) is 5.52. The number of carboxylic acids is 1. The zero-order valence-corrected chi connectivity index (χ0v) is 12.6. The van der Waals surface area contributed by atoms with Gasteiger partial charge in [0.2, 0.25) is 0 Å². The quantitative estimate of drug-likeness (QED) is 0.738. The van der Waals surface area contributed by atoms with Crippen molar-refractivity contribution in [3.05, 3.63) is 0 Å². The summed E-state index contributed by atoms with van der Waals surface area (Å²) in [6.45, 7) is 6.09. The Morgan fingerprint density at radius 2 is 1.85 bits per heavy atom. The van der Waals surface area contributed by atoms with Crippen molar-refractivity contribution in [3.63, 3.8) is 0 Å². The van der Waals surface area contributed by atoms with E-state index in [1.165, 1.54) is 0 Å². The molecule has 0 aromatic heterocycles. The maximum atomic E-state index is 11.9. The van der Waals surface area contributed by atoms with E-state index in [9.17, 15) is 9.59 Å². The molecule has 1 fully saturated rings. The number of amides is 2. The predicted molar refractivity (Wildman–Crippen MR) is 77.7 cm³/mol. The lowest BCUT2D eigenvalue weighted by atomic mass is 9.97. The first kappa shape index (κ1) is 16.8. The third-order valence-electron chi connectivity index (χ3n) is 3.96. The highest BCUT2D eigenvalue weighted by Crippen LogP contribution is 2.14. The second-order valence-electron chi connectivity index (χ2n) is 5.52. The summed E-state index contributed by atoms with van der Waals surface area (Å²) in [4.78, 5) is 26.6. The topological polar surface area (TPSA) is 72.9 Å². The van der Waals surface area contributed by atoms with Gasteiger partial charge in [0.15, 0.2) is 0 Å². The smallest absolute Gasteiger partial charge is 0.317 e. The molecule has 1 saturated heterocycles. The SMILES string of the molecule is CCC(CCNC(=O)N1CCN(C)CC1)CCC(=O)O. The zero-order chi connectivity index (χ0) is 15.0. The molecule has 20 heavy (non-hydrogen) atoms. The maximum absolute atomic E-state index is 11.9. The number of urea groups is 1. The van der Waals surface area contributed by atoms with Gasteiger partial charge in [-0.3, -0.25) is 4.79 Å². The summed E-state index contributed by atoms with van der Waals surface area (Å²) in [5.74, 6) is -0.371. The Bertz CT molecular complexity index is 315. The molecule has 6 heteroatoms. The average Bonchev–Trinajstić information content (AvgIpc) is 2.42. The highest BCUT2D eigenvalue weighted by atomic mass is 16.4. The normalized spacial score (nSPS) is 17.8. The van der Waals surface area contributed by atoms with Crippen LogP contribution in [-0.4, -0.2) is 66.7 Å². The summed E-state index contributed by atoms with van der Waals surface area (Å²) in [6.07, 6.45) is 2.71. The third kappa shape index (κ3) is 6.23. The summed E-state index contributed by atoms with van der Waals surface area (Å²) in [6, 6.07) is 0.00573. The van der Waals surface area contributed by atoms with E-state index in [1.807, 2.05) is 4.90 Å². The van der Waals surface area contributed by atoms with Crippen molar-refractivity contribution >= 4 is 12.0 Å². The van der Waals surface area contributed by atoms with Gasteiger partial charge in [-0.1, -0.05) is 13.3 Å². The number of likely N-dealkylation sites (N-methyl/N-ethyl adjacent to an activating group) is 1. The minimum atomic E-state index is -0.745. The zero-order valence-electron chi connectivity index (χ0n) is 12.6. The molecule has 0 aromatic rings. The van der Waals surface area contributed by atoms with Gasteiger partial charge in [-0.25, -0.2) is 4.79 Å². The van der Waals surface area contributed by atoms with Crippen molar-refractivity contribution in [1.29, 1.82) is 0 Å². The standard InChI is InChI=1S/C14H27N3O3/c1-3-12(4-5-13(18)19)6-7-15-14(20)17-10-8-16(2)9-11-17/h12H,3-11H2,1-2H3,(H,15,20)(H,18,19). The van der Waals surface area contributed by atoms with E-state index in [0.717, 1.165) is 39.0 Å². The van der Waals surface area contributed by atoms with Crippen molar-refractivity contribution in [2.24, 2.45) is 5.92 Å². The van der Waals surface area contributed by atoms with Crippen molar-refractivity contribution in [2.75, 3.05) is 39.8 Å². The van der Waals surface area contributed by atoms with Crippen molar-refractivity contribution in [3.8, 4) is 0 Å². The molecule has 1 atom stereocenters. The van der Waals surface area contributed by atoms with Gasteiger partial charge in [-0.15, -0.1) is 0 Å². The number of rotatable bonds is 7. The summed E-state index contributed by atoms with van der Waals surface area (Å²) >= 11 is 0. The molecule has 0 radical (unpaired) electrons. The van der Waals surface area contributed by atoms with E-state index in [4.69, 9.17) is 5.11 Å². The molecule has 6 nitrogen and oxygen atoms in total. The molecule has 0 aromatic carbocycles. The van der Waals surface area contributed by atoms with Crippen LogP contribution in [0.15, 0.2) is 0 Å². The number of carbonyl (C=O) groups is 2. The molecule has 1 rings (SSSR count). The summed E-state index contributed by atoms with van der Waals surface area (Å²) in [7, 11) is 2.06. The maximum Gasteiger partial charge on any atom is 0.317 e. The molecule has 1 unspecified atom stereocenters. The molecular weight excluding hydrogens is 258 g/mol. The largest absolute Gasteiger partial charge is 0.481 e. The van der Waals surface area contributed by atoms with Gasteiger partial charge in [0.25, 0.3) is 0 Å². The molecule has 0 aliphatic carbocycles. The Balaban J connectivity index is 2.18. The van der Waals surface area contributed by atoms with E-state index in [-0.39, 0.29) is 12.5 Å². The molecule has 2 N–H and O–H groups in total. The Morgan fingerprint density at radius 1 is 1.20 bits per heavy atom. The Morgan fingerprint density at radius 3 is 2.40 bits per heavy atom. The van der Waals surface area contributed by atoms with Gasteiger partial charge in [0.05, 0.1) is 0 Å². The van der Waals surface area contributed by atoms with Crippen LogP contribution in [0.25, 0.3) is 0 Å². The Kier molecular flexibility index (Phi) is 7.36. The van der Waals surface area contributed by atoms with Crippen LogP contribution in [0.4, 0.5) is 4.79 Å². The van der Waals surface area contributed by atoms with Crippen molar-refractivity contribution in [1.82, 2.24) is 15.1 Å². The van der Waals surface area contributed by atoms with E-state index < -0.39 is 5.97 Å². The molecule has 1 aliphatic rings. The highest BCUT2D eigenvalue weighted by molar-refractivity contribution is 5.74. The lowest BCUT2D eigenvalue weighted by Crippen LogP contribution is -2.50. The number of carboxylic acid groups (broad SMARTS) is 1. The number of nitrogens with zero attached hydrogens (tertiary/aromatic N) is 2. The van der Waals surface area contributed by atoms with Crippen LogP contribution in [-0.2, 0) is 4.79 Å². The first-order chi connectivity index (χ1) is 9.52. The molecule has 116 valence electrons. The Labute approximate surface area is 121 Å². The lowest BCUT2D eigenvalue weighted by Gasteiger charge is -2.32. The van der Waals surface area contributed by atoms with Crippen LogP contribution in [0.1, 0.15) is 32.6 Å². The number of hydrogen-bond acceptors (Lipinski definition) is 3. The highest BCUT2D eigenvalue weighted by Gasteiger charge is 2.18. The van der Waals surface area contributed by atoms with Crippen LogP contribution in [0.2, 0.25) is 0 Å². The second kappa shape index (κ2) is 8.79. The fraction of sp³-hybridized carbons (Fsp3) is 0.857. The van der Waals surface area contributed by atoms with E-state index >= 15 is 0 Å².